The minimum Gasteiger partial charge on any atom is -0.454 e. The maximum absolute atomic E-state index is 12.7. The summed E-state index contributed by atoms with van der Waals surface area (Å²) in [6, 6.07) is 10.9. The number of ketones is 1. The summed E-state index contributed by atoms with van der Waals surface area (Å²) in [5.41, 5.74) is 2.12. The second-order valence-corrected chi connectivity index (χ2v) is 5.93. The number of rotatable bonds is 3. The highest BCUT2D eigenvalue weighted by atomic mass is 16.7. The van der Waals surface area contributed by atoms with Gasteiger partial charge in [0.25, 0.3) is 0 Å². The molecule has 0 amide bonds. The number of benzene rings is 2. The Bertz CT molecular complexity index is 901. The van der Waals surface area contributed by atoms with E-state index < -0.39 is 0 Å². The molecule has 0 saturated carbocycles. The molecular formula is C19H14O6. The summed E-state index contributed by atoms with van der Waals surface area (Å²) >= 11 is 0. The van der Waals surface area contributed by atoms with Crippen molar-refractivity contribution in [1.82, 2.24) is 0 Å². The molecule has 6 nitrogen and oxygen atoms in total. The van der Waals surface area contributed by atoms with Crippen molar-refractivity contribution in [3.63, 3.8) is 0 Å². The maximum Gasteiger partial charge on any atom is 0.231 e. The van der Waals surface area contributed by atoms with Crippen molar-refractivity contribution in [1.29, 1.82) is 0 Å². The lowest BCUT2D eigenvalue weighted by Crippen LogP contribution is -2.04. The van der Waals surface area contributed by atoms with Gasteiger partial charge < -0.3 is 23.7 Å². The average molecular weight is 338 g/mol. The molecule has 25 heavy (non-hydrogen) atoms. The van der Waals surface area contributed by atoms with Gasteiger partial charge in [0.05, 0.1) is 6.61 Å². The van der Waals surface area contributed by atoms with Crippen LogP contribution in [-0.4, -0.2) is 26.0 Å². The molecule has 3 aliphatic heterocycles. The normalized spacial score (nSPS) is 19.8. The fraction of sp³-hybridized carbons (Fsp3) is 0.211. The molecule has 2 aromatic rings. The molecule has 2 aromatic carbocycles. The van der Waals surface area contributed by atoms with Crippen molar-refractivity contribution < 1.29 is 28.5 Å². The molecule has 0 spiro atoms. The lowest BCUT2D eigenvalue weighted by atomic mass is 10.0. The van der Waals surface area contributed by atoms with Crippen LogP contribution in [0.4, 0.5) is 0 Å². The number of Topliss-reactive ketones (excluding diaryl/α,β-unsaturated/α-hetero) is 1. The topological polar surface area (TPSA) is 63.2 Å². The van der Waals surface area contributed by atoms with E-state index >= 15 is 0 Å². The Balaban J connectivity index is 1.40. The van der Waals surface area contributed by atoms with Gasteiger partial charge in [-0.05, 0) is 42.0 Å². The zero-order valence-corrected chi connectivity index (χ0v) is 13.2. The van der Waals surface area contributed by atoms with Crippen molar-refractivity contribution in [2.75, 3.05) is 20.2 Å². The molecule has 126 valence electrons. The van der Waals surface area contributed by atoms with Crippen LogP contribution in [0.5, 0.6) is 23.0 Å². The molecule has 0 aromatic heterocycles. The Hall–Kier alpha value is -2.99. The molecule has 0 bridgehead atoms. The van der Waals surface area contributed by atoms with E-state index in [1.807, 2.05) is 24.3 Å². The highest BCUT2D eigenvalue weighted by molar-refractivity contribution is 6.09. The van der Waals surface area contributed by atoms with E-state index in [1.54, 1.807) is 18.2 Å². The van der Waals surface area contributed by atoms with Crippen LogP contribution in [0.3, 0.4) is 0 Å². The zero-order valence-electron chi connectivity index (χ0n) is 13.2. The molecule has 3 aliphatic rings. The SMILES string of the molecule is O=C(C1=C[C@H](c2ccc3c(c2)OCO3)OC1)c1ccc2c(c1)OCO2. The Morgan fingerprint density at radius 2 is 1.52 bits per heavy atom. The third-order valence-electron chi connectivity index (χ3n) is 4.42. The summed E-state index contributed by atoms with van der Waals surface area (Å²) in [7, 11) is 0. The van der Waals surface area contributed by atoms with E-state index in [4.69, 9.17) is 23.7 Å². The first kappa shape index (κ1) is 14.4. The Labute approximate surface area is 143 Å². The summed E-state index contributed by atoms with van der Waals surface area (Å²) in [5.74, 6) is 2.61. The first-order valence-electron chi connectivity index (χ1n) is 7.94. The van der Waals surface area contributed by atoms with Crippen LogP contribution in [0, 0.1) is 0 Å². The monoisotopic (exact) mass is 338 g/mol. The molecule has 6 heteroatoms. The van der Waals surface area contributed by atoms with Crippen LogP contribution in [0.2, 0.25) is 0 Å². The van der Waals surface area contributed by atoms with E-state index in [0.717, 1.165) is 11.3 Å². The molecule has 5 rings (SSSR count). The largest absolute Gasteiger partial charge is 0.454 e. The first-order chi connectivity index (χ1) is 12.3. The molecule has 0 radical (unpaired) electrons. The van der Waals surface area contributed by atoms with Gasteiger partial charge in [0, 0.05) is 11.1 Å². The average Bonchev–Trinajstić information content (AvgIpc) is 3.39. The Kier molecular flexibility index (Phi) is 3.18. The van der Waals surface area contributed by atoms with Crippen molar-refractivity contribution in [3.8, 4) is 23.0 Å². The van der Waals surface area contributed by atoms with Gasteiger partial charge in [-0.3, -0.25) is 4.79 Å². The molecule has 0 N–H and O–H groups in total. The van der Waals surface area contributed by atoms with Crippen LogP contribution in [0.1, 0.15) is 22.0 Å². The Morgan fingerprint density at radius 3 is 2.32 bits per heavy atom. The van der Waals surface area contributed by atoms with Crippen LogP contribution < -0.4 is 18.9 Å². The number of carbonyl (C=O) groups excluding carboxylic acids is 1. The highest BCUT2D eigenvalue weighted by Crippen LogP contribution is 2.38. The molecule has 0 aliphatic carbocycles. The smallest absolute Gasteiger partial charge is 0.231 e. The number of hydrogen-bond acceptors (Lipinski definition) is 6. The minimum atomic E-state index is -0.275. The van der Waals surface area contributed by atoms with Gasteiger partial charge in [0.15, 0.2) is 28.8 Å². The van der Waals surface area contributed by atoms with Crippen LogP contribution >= 0.6 is 0 Å². The third-order valence-corrected chi connectivity index (χ3v) is 4.42. The molecule has 0 unspecified atom stereocenters. The molecule has 3 heterocycles. The number of hydrogen-bond donors (Lipinski definition) is 0. The van der Waals surface area contributed by atoms with Crippen molar-refractivity contribution >= 4 is 5.78 Å². The van der Waals surface area contributed by atoms with E-state index in [0.29, 0.717) is 28.4 Å². The summed E-state index contributed by atoms with van der Waals surface area (Å²) in [6.07, 6.45) is 1.58. The van der Waals surface area contributed by atoms with Gasteiger partial charge in [-0.25, -0.2) is 0 Å². The Morgan fingerprint density at radius 1 is 0.840 bits per heavy atom. The predicted octanol–water partition coefficient (Wildman–Crippen LogP) is 3.02. The van der Waals surface area contributed by atoms with Crippen molar-refractivity contribution in [2.45, 2.75) is 6.10 Å². The summed E-state index contributed by atoms with van der Waals surface area (Å²) in [5, 5.41) is 0. The number of fused-ring (bicyclic) bond motifs is 2. The quantitative estimate of drug-likeness (QED) is 0.802. The van der Waals surface area contributed by atoms with Crippen molar-refractivity contribution in [2.24, 2.45) is 0 Å². The summed E-state index contributed by atoms with van der Waals surface area (Å²) in [6.45, 7) is 0.686. The van der Waals surface area contributed by atoms with Gasteiger partial charge in [0.2, 0.25) is 13.6 Å². The van der Waals surface area contributed by atoms with E-state index in [1.165, 1.54) is 0 Å². The number of carbonyl (C=O) groups is 1. The lowest BCUT2D eigenvalue weighted by Gasteiger charge is -2.08. The van der Waals surface area contributed by atoms with E-state index in [9.17, 15) is 4.79 Å². The standard InChI is InChI=1S/C19H14O6/c20-19(12-2-4-15-18(6-12)25-10-23-15)13-7-16(21-8-13)11-1-3-14-17(5-11)24-9-22-14/h1-7,16H,8-10H2/t16-/m1/s1. The molecular weight excluding hydrogens is 324 g/mol. The van der Waals surface area contributed by atoms with Gasteiger partial charge in [-0.1, -0.05) is 6.07 Å². The van der Waals surface area contributed by atoms with Gasteiger partial charge in [0.1, 0.15) is 6.10 Å². The fourth-order valence-corrected chi connectivity index (χ4v) is 3.11. The molecule has 0 saturated heterocycles. The van der Waals surface area contributed by atoms with Crippen LogP contribution in [0.15, 0.2) is 48.0 Å². The van der Waals surface area contributed by atoms with E-state index in [2.05, 4.69) is 0 Å². The van der Waals surface area contributed by atoms with Crippen LogP contribution in [0.25, 0.3) is 0 Å². The summed E-state index contributed by atoms with van der Waals surface area (Å²) < 4.78 is 27.1. The van der Waals surface area contributed by atoms with Gasteiger partial charge in [-0.15, -0.1) is 0 Å². The van der Waals surface area contributed by atoms with Crippen LogP contribution in [-0.2, 0) is 4.74 Å². The first-order valence-corrected chi connectivity index (χ1v) is 7.94. The zero-order chi connectivity index (χ0) is 16.8. The summed E-state index contributed by atoms with van der Waals surface area (Å²) in [4.78, 5) is 12.7. The van der Waals surface area contributed by atoms with E-state index in [-0.39, 0.29) is 32.1 Å². The minimum absolute atomic E-state index is 0.0680. The highest BCUT2D eigenvalue weighted by Gasteiger charge is 2.26. The van der Waals surface area contributed by atoms with Gasteiger partial charge >= 0.3 is 0 Å². The second-order valence-electron chi connectivity index (χ2n) is 5.93. The molecule has 0 fully saturated rings. The fourth-order valence-electron chi connectivity index (χ4n) is 3.11. The number of ether oxygens (including phenoxy) is 5. The van der Waals surface area contributed by atoms with Gasteiger partial charge in [-0.2, -0.15) is 0 Å². The van der Waals surface area contributed by atoms with Crippen molar-refractivity contribution in [3.05, 3.63) is 59.2 Å². The lowest BCUT2D eigenvalue weighted by molar-refractivity contribution is 0.0981. The maximum atomic E-state index is 12.7. The second kappa shape index (κ2) is 5.53. The third kappa shape index (κ3) is 2.42. The molecule has 1 atom stereocenters. The predicted molar refractivity (Wildman–Crippen MR) is 86.2 cm³/mol.